The van der Waals surface area contributed by atoms with Crippen LogP contribution in [0.2, 0.25) is 0 Å². The van der Waals surface area contributed by atoms with Crippen molar-refractivity contribution in [2.24, 2.45) is 29.6 Å². The van der Waals surface area contributed by atoms with Crippen molar-refractivity contribution < 1.29 is 34.7 Å². The van der Waals surface area contributed by atoms with E-state index in [1.165, 1.54) is 12.1 Å². The molecule has 1 saturated carbocycles. The van der Waals surface area contributed by atoms with Crippen molar-refractivity contribution in [3.05, 3.63) is 41.5 Å². The fourth-order valence-corrected chi connectivity index (χ4v) is 5.61. The van der Waals surface area contributed by atoms with Crippen LogP contribution in [0.4, 0.5) is 0 Å². The third-order valence-corrected chi connectivity index (χ3v) is 6.85. The minimum absolute atomic E-state index is 0.0421. The first-order valence-corrected chi connectivity index (χ1v) is 9.43. The summed E-state index contributed by atoms with van der Waals surface area (Å²) in [7, 11) is 0. The molecule has 2 aliphatic heterocycles. The monoisotopic (exact) mass is 398 g/mol. The zero-order valence-corrected chi connectivity index (χ0v) is 15.1. The lowest BCUT2D eigenvalue weighted by atomic mass is 9.57. The van der Waals surface area contributed by atoms with E-state index in [1.807, 2.05) is 6.08 Å². The molecule has 3 N–H and O–H groups in total. The van der Waals surface area contributed by atoms with Gasteiger partial charge in [0.1, 0.15) is 5.75 Å². The van der Waals surface area contributed by atoms with E-state index >= 15 is 0 Å². The summed E-state index contributed by atoms with van der Waals surface area (Å²) >= 11 is 0. The summed E-state index contributed by atoms with van der Waals surface area (Å²) in [5, 5.41) is 29.7. The van der Waals surface area contributed by atoms with Crippen molar-refractivity contribution in [1.29, 1.82) is 0 Å². The summed E-state index contributed by atoms with van der Waals surface area (Å²) in [4.78, 5) is 50.0. The predicted octanol–water partition coefficient (Wildman–Crippen LogP) is 0.807. The Morgan fingerprint density at radius 3 is 2.00 bits per heavy atom. The van der Waals surface area contributed by atoms with Gasteiger partial charge in [-0.3, -0.25) is 29.6 Å². The molecule has 1 aromatic carbocycles. The molecule has 6 atom stereocenters. The molecular weight excluding hydrogens is 380 g/mol. The molecule has 2 aliphatic carbocycles. The van der Waals surface area contributed by atoms with Gasteiger partial charge < -0.3 is 5.11 Å². The summed E-state index contributed by atoms with van der Waals surface area (Å²) < 4.78 is 0. The van der Waals surface area contributed by atoms with E-state index in [9.17, 15) is 34.7 Å². The number of benzene rings is 1. The standard InChI is InChI=1S/C20H18N2O7/c23-9-3-1-8(2-4-9)14-10-5-6-11-15(19(26)21(28)17(11)24)12(10)7-13-16(14)20(27)22(29)18(13)25/h1-5,11-16,23,28-29H,6-7H2/t11-,12+,13+,14-,15-,16+/m0/s1. The number of nitrogens with zero attached hydrogens (tertiary/aromatic N) is 2. The fraction of sp³-hybridized carbons (Fsp3) is 0.400. The largest absolute Gasteiger partial charge is 0.508 e. The van der Waals surface area contributed by atoms with Crippen molar-refractivity contribution in [2.45, 2.75) is 18.8 Å². The average molecular weight is 398 g/mol. The maximum absolute atomic E-state index is 12.7. The molecule has 4 aliphatic rings. The lowest BCUT2D eigenvalue weighted by molar-refractivity contribution is -0.174. The lowest BCUT2D eigenvalue weighted by Crippen LogP contribution is -2.42. The number of rotatable bonds is 1. The second kappa shape index (κ2) is 5.98. The van der Waals surface area contributed by atoms with E-state index < -0.39 is 59.1 Å². The number of carbonyl (C=O) groups excluding carboxylic acids is 4. The molecular formula is C20H18N2O7. The topological polar surface area (TPSA) is 135 Å². The second-order valence-corrected chi connectivity index (χ2v) is 8.09. The summed E-state index contributed by atoms with van der Waals surface area (Å²) in [6, 6.07) is 6.23. The van der Waals surface area contributed by atoms with Crippen LogP contribution in [-0.4, -0.2) is 49.3 Å². The van der Waals surface area contributed by atoms with Crippen LogP contribution in [0.25, 0.3) is 0 Å². The van der Waals surface area contributed by atoms with Crippen LogP contribution in [0.15, 0.2) is 35.9 Å². The highest BCUT2D eigenvalue weighted by Gasteiger charge is 2.62. The number of aromatic hydroxyl groups is 1. The SMILES string of the molecule is O=C1[C@H]2[C@H](CC=C3[C@H]2C[C@H]2C(=O)N(O)C(=O)[C@H]2[C@H]3c2ccc(O)cc2)C(=O)N1O. The average Bonchev–Trinajstić information content (AvgIpc) is 3.07. The number of allylic oxidation sites excluding steroid dienone is 2. The van der Waals surface area contributed by atoms with Gasteiger partial charge in [-0.25, -0.2) is 0 Å². The molecule has 2 heterocycles. The Hall–Kier alpha value is -3.04. The summed E-state index contributed by atoms with van der Waals surface area (Å²) in [6.45, 7) is 0. The predicted molar refractivity (Wildman–Crippen MR) is 92.9 cm³/mol. The number of hydrogen-bond acceptors (Lipinski definition) is 7. The molecule has 0 bridgehead atoms. The second-order valence-electron chi connectivity index (χ2n) is 8.09. The van der Waals surface area contributed by atoms with E-state index in [2.05, 4.69) is 0 Å². The van der Waals surface area contributed by atoms with Gasteiger partial charge in [0.15, 0.2) is 0 Å². The molecule has 2 saturated heterocycles. The van der Waals surface area contributed by atoms with E-state index in [-0.39, 0.29) is 28.7 Å². The normalized spacial score (nSPS) is 36.1. The van der Waals surface area contributed by atoms with E-state index in [4.69, 9.17) is 0 Å². The quantitative estimate of drug-likeness (QED) is 0.362. The molecule has 5 rings (SSSR count). The van der Waals surface area contributed by atoms with Crippen LogP contribution in [0, 0.1) is 29.6 Å². The van der Waals surface area contributed by atoms with Crippen molar-refractivity contribution in [2.75, 3.05) is 0 Å². The number of phenols is 1. The molecule has 29 heavy (non-hydrogen) atoms. The maximum Gasteiger partial charge on any atom is 0.258 e. The minimum atomic E-state index is -0.831. The zero-order chi connectivity index (χ0) is 20.6. The van der Waals surface area contributed by atoms with Gasteiger partial charge in [0.2, 0.25) is 0 Å². The fourth-order valence-electron chi connectivity index (χ4n) is 5.61. The summed E-state index contributed by atoms with van der Waals surface area (Å²) in [5.74, 6) is -6.97. The highest BCUT2D eigenvalue weighted by molar-refractivity contribution is 6.06. The minimum Gasteiger partial charge on any atom is -0.508 e. The van der Waals surface area contributed by atoms with Crippen molar-refractivity contribution in [3.8, 4) is 5.75 Å². The number of phenolic OH excluding ortho intramolecular Hbond substituents is 1. The molecule has 150 valence electrons. The Balaban J connectivity index is 1.65. The number of hydrogen-bond donors (Lipinski definition) is 3. The molecule has 1 aromatic rings. The van der Waals surface area contributed by atoms with Gasteiger partial charge in [-0.1, -0.05) is 23.8 Å². The summed E-state index contributed by atoms with van der Waals surface area (Å²) in [5.41, 5.74) is 1.42. The van der Waals surface area contributed by atoms with Gasteiger partial charge in [-0.05, 0) is 36.5 Å². The highest BCUT2D eigenvalue weighted by Crippen LogP contribution is 2.57. The third-order valence-electron chi connectivity index (χ3n) is 6.85. The van der Waals surface area contributed by atoms with Gasteiger partial charge in [0.25, 0.3) is 23.6 Å². The van der Waals surface area contributed by atoms with Gasteiger partial charge in [0.05, 0.1) is 23.7 Å². The first kappa shape index (κ1) is 18.0. The number of amides is 4. The van der Waals surface area contributed by atoms with E-state index in [1.54, 1.807) is 12.1 Å². The van der Waals surface area contributed by atoms with Crippen LogP contribution < -0.4 is 0 Å². The molecule has 0 radical (unpaired) electrons. The van der Waals surface area contributed by atoms with Crippen molar-refractivity contribution >= 4 is 23.6 Å². The molecule has 3 fully saturated rings. The van der Waals surface area contributed by atoms with Crippen LogP contribution in [0.3, 0.4) is 0 Å². The molecule has 4 amide bonds. The lowest BCUT2D eigenvalue weighted by Gasteiger charge is -2.43. The van der Waals surface area contributed by atoms with E-state index in [0.29, 0.717) is 5.56 Å². The number of hydroxylamine groups is 4. The summed E-state index contributed by atoms with van der Waals surface area (Å²) in [6.07, 6.45) is 2.21. The third kappa shape index (κ3) is 2.28. The van der Waals surface area contributed by atoms with Gasteiger partial charge in [0, 0.05) is 5.92 Å². The van der Waals surface area contributed by atoms with Gasteiger partial charge >= 0.3 is 0 Å². The molecule has 9 heteroatoms. The molecule has 0 spiro atoms. The number of carbonyl (C=O) groups is 4. The number of imide groups is 2. The van der Waals surface area contributed by atoms with E-state index in [0.717, 1.165) is 5.57 Å². The zero-order valence-electron chi connectivity index (χ0n) is 15.1. The van der Waals surface area contributed by atoms with Crippen molar-refractivity contribution in [1.82, 2.24) is 10.1 Å². The first-order valence-electron chi connectivity index (χ1n) is 9.43. The molecule has 0 unspecified atom stereocenters. The van der Waals surface area contributed by atoms with Crippen LogP contribution in [-0.2, 0) is 19.2 Å². The smallest absolute Gasteiger partial charge is 0.258 e. The van der Waals surface area contributed by atoms with Gasteiger partial charge in [-0.2, -0.15) is 10.1 Å². The molecule has 9 nitrogen and oxygen atoms in total. The molecule has 0 aromatic heterocycles. The maximum atomic E-state index is 12.7. The van der Waals surface area contributed by atoms with Crippen LogP contribution in [0.1, 0.15) is 24.3 Å². The number of fused-ring (bicyclic) bond motifs is 4. The Bertz CT molecular complexity index is 985. The Kier molecular flexibility index (Phi) is 3.71. The Morgan fingerprint density at radius 2 is 1.34 bits per heavy atom. The highest BCUT2D eigenvalue weighted by atomic mass is 16.5. The first-order chi connectivity index (χ1) is 13.8. The van der Waals surface area contributed by atoms with Gasteiger partial charge in [-0.15, -0.1) is 0 Å². The Morgan fingerprint density at radius 1 is 0.759 bits per heavy atom. The van der Waals surface area contributed by atoms with Crippen LogP contribution >= 0.6 is 0 Å². The van der Waals surface area contributed by atoms with Crippen LogP contribution in [0.5, 0.6) is 5.75 Å². The Labute approximate surface area is 164 Å². The van der Waals surface area contributed by atoms with Crippen molar-refractivity contribution in [3.63, 3.8) is 0 Å².